The van der Waals surface area contributed by atoms with Crippen LogP contribution < -0.4 is 4.74 Å². The number of ether oxygens (including phenoxy) is 2. The zero-order valence-corrected chi connectivity index (χ0v) is 15.5. The van der Waals surface area contributed by atoms with Gasteiger partial charge in [-0.3, -0.25) is 4.90 Å². The fraction of sp³-hybridized carbons (Fsp3) is 0.391. The third-order valence-corrected chi connectivity index (χ3v) is 4.64. The van der Waals surface area contributed by atoms with Crippen LogP contribution >= 0.6 is 0 Å². The molecule has 0 amide bonds. The Hall–Kier alpha value is -2.10. The highest BCUT2D eigenvalue weighted by molar-refractivity contribution is 5.69. The third-order valence-electron chi connectivity index (χ3n) is 4.64. The molecule has 1 heterocycles. The molecule has 2 aromatic rings. The second kappa shape index (κ2) is 10.8. The normalized spacial score (nSPS) is 15.4. The average Bonchev–Trinajstić information content (AvgIpc) is 2.71. The molecule has 0 aliphatic carbocycles. The summed E-state index contributed by atoms with van der Waals surface area (Å²) in [4.78, 5) is 2.49. The molecule has 1 fully saturated rings. The highest BCUT2D eigenvalue weighted by atomic mass is 16.5. The van der Waals surface area contributed by atoms with Crippen molar-refractivity contribution in [3.05, 3.63) is 65.7 Å². The third kappa shape index (κ3) is 6.66. The largest absolute Gasteiger partial charge is 0.494 e. The summed E-state index contributed by atoms with van der Waals surface area (Å²) in [7, 11) is 0. The van der Waals surface area contributed by atoms with Gasteiger partial charge >= 0.3 is 0 Å². The zero-order chi connectivity index (χ0) is 17.9. The van der Waals surface area contributed by atoms with Crippen LogP contribution in [0.1, 0.15) is 30.4 Å². The van der Waals surface area contributed by atoms with Crippen LogP contribution in [0.2, 0.25) is 0 Å². The summed E-state index contributed by atoms with van der Waals surface area (Å²) >= 11 is 0. The van der Waals surface area contributed by atoms with Crippen molar-refractivity contribution in [1.29, 1.82) is 0 Å². The Morgan fingerprint density at radius 1 is 0.808 bits per heavy atom. The Morgan fingerprint density at radius 3 is 2.23 bits per heavy atom. The van der Waals surface area contributed by atoms with Crippen LogP contribution in [0.4, 0.5) is 0 Å². The summed E-state index contributed by atoms with van der Waals surface area (Å²) < 4.78 is 11.2. The lowest BCUT2D eigenvalue weighted by atomic mass is 10.1. The maximum atomic E-state index is 5.86. The molecule has 3 rings (SSSR count). The molecule has 1 aliphatic rings. The van der Waals surface area contributed by atoms with Crippen molar-refractivity contribution in [1.82, 2.24) is 4.90 Å². The lowest BCUT2D eigenvalue weighted by Gasteiger charge is -2.26. The fourth-order valence-electron chi connectivity index (χ4n) is 3.06. The van der Waals surface area contributed by atoms with E-state index in [4.69, 9.17) is 9.47 Å². The van der Waals surface area contributed by atoms with Crippen molar-refractivity contribution in [2.24, 2.45) is 0 Å². The van der Waals surface area contributed by atoms with Crippen LogP contribution in [0.3, 0.4) is 0 Å². The van der Waals surface area contributed by atoms with E-state index in [1.807, 2.05) is 6.07 Å². The van der Waals surface area contributed by atoms with Crippen molar-refractivity contribution in [2.75, 3.05) is 39.5 Å². The molecule has 0 atom stereocenters. The lowest BCUT2D eigenvalue weighted by Crippen LogP contribution is -2.36. The molecule has 26 heavy (non-hydrogen) atoms. The molecular weight excluding hydrogens is 322 g/mol. The molecule has 0 aromatic heterocycles. The SMILES string of the molecule is C(=C\c1ccc(OCCCCCN2CCOCC2)cc1)/c1ccccc1. The van der Waals surface area contributed by atoms with Crippen LogP contribution in [-0.2, 0) is 4.74 Å². The van der Waals surface area contributed by atoms with Gasteiger partial charge in [-0.25, -0.2) is 0 Å². The van der Waals surface area contributed by atoms with Gasteiger partial charge in [-0.15, -0.1) is 0 Å². The van der Waals surface area contributed by atoms with E-state index in [0.29, 0.717) is 0 Å². The maximum Gasteiger partial charge on any atom is 0.119 e. The molecule has 1 saturated heterocycles. The van der Waals surface area contributed by atoms with E-state index in [1.54, 1.807) is 0 Å². The zero-order valence-electron chi connectivity index (χ0n) is 15.5. The molecule has 0 radical (unpaired) electrons. The second-order valence-electron chi connectivity index (χ2n) is 6.68. The number of nitrogens with zero attached hydrogens (tertiary/aromatic N) is 1. The molecule has 0 bridgehead atoms. The van der Waals surface area contributed by atoms with E-state index in [2.05, 4.69) is 65.6 Å². The summed E-state index contributed by atoms with van der Waals surface area (Å²) in [5, 5.41) is 0. The van der Waals surface area contributed by atoms with Crippen LogP contribution in [0.5, 0.6) is 5.75 Å². The number of rotatable bonds is 9. The summed E-state index contributed by atoms with van der Waals surface area (Å²) in [5.41, 5.74) is 2.40. The van der Waals surface area contributed by atoms with Gasteiger partial charge in [-0.1, -0.05) is 54.6 Å². The number of unbranched alkanes of at least 4 members (excludes halogenated alkanes) is 2. The smallest absolute Gasteiger partial charge is 0.119 e. The van der Waals surface area contributed by atoms with Gasteiger partial charge < -0.3 is 9.47 Å². The Labute approximate surface area is 157 Å². The van der Waals surface area contributed by atoms with Crippen molar-refractivity contribution < 1.29 is 9.47 Å². The molecule has 2 aromatic carbocycles. The van der Waals surface area contributed by atoms with E-state index in [-0.39, 0.29) is 0 Å². The molecule has 0 unspecified atom stereocenters. The Morgan fingerprint density at radius 2 is 1.50 bits per heavy atom. The standard InChI is InChI=1S/C23H29NO2/c1-3-7-21(8-4-1)9-10-22-11-13-23(14-12-22)26-18-6-2-5-15-24-16-19-25-20-17-24/h1,3-4,7-14H,2,5-6,15-20H2/b10-9+. The molecule has 3 heteroatoms. The van der Waals surface area contributed by atoms with Crippen LogP contribution in [0.25, 0.3) is 12.2 Å². The quantitative estimate of drug-likeness (QED) is 0.481. The summed E-state index contributed by atoms with van der Waals surface area (Å²) in [6.45, 7) is 5.93. The van der Waals surface area contributed by atoms with E-state index in [9.17, 15) is 0 Å². The Kier molecular flexibility index (Phi) is 7.76. The minimum Gasteiger partial charge on any atom is -0.494 e. The number of morpholine rings is 1. The lowest BCUT2D eigenvalue weighted by molar-refractivity contribution is 0.0370. The molecular formula is C23H29NO2. The van der Waals surface area contributed by atoms with Crippen molar-refractivity contribution in [3.8, 4) is 5.75 Å². The fourth-order valence-corrected chi connectivity index (χ4v) is 3.06. The molecule has 0 spiro atoms. The first-order valence-corrected chi connectivity index (χ1v) is 9.66. The van der Waals surface area contributed by atoms with Gasteiger partial charge in [-0.05, 0) is 49.1 Å². The van der Waals surface area contributed by atoms with Crippen molar-refractivity contribution in [3.63, 3.8) is 0 Å². The average molecular weight is 351 g/mol. The Balaban J connectivity index is 1.31. The van der Waals surface area contributed by atoms with Gasteiger partial charge in [-0.2, -0.15) is 0 Å². The predicted molar refractivity (Wildman–Crippen MR) is 108 cm³/mol. The molecule has 0 saturated carbocycles. The van der Waals surface area contributed by atoms with Gasteiger partial charge in [0.25, 0.3) is 0 Å². The molecule has 1 aliphatic heterocycles. The minimum absolute atomic E-state index is 0.794. The number of hydrogen-bond donors (Lipinski definition) is 0. The molecule has 0 N–H and O–H groups in total. The molecule has 138 valence electrons. The topological polar surface area (TPSA) is 21.7 Å². The van der Waals surface area contributed by atoms with Crippen LogP contribution in [-0.4, -0.2) is 44.4 Å². The first-order chi connectivity index (χ1) is 12.9. The van der Waals surface area contributed by atoms with Crippen molar-refractivity contribution >= 4 is 12.2 Å². The van der Waals surface area contributed by atoms with Crippen molar-refractivity contribution in [2.45, 2.75) is 19.3 Å². The first kappa shape index (κ1) is 18.7. The van der Waals surface area contributed by atoms with E-state index < -0.39 is 0 Å². The first-order valence-electron chi connectivity index (χ1n) is 9.66. The predicted octanol–water partition coefficient (Wildman–Crippen LogP) is 4.74. The van der Waals surface area contributed by atoms with E-state index in [1.165, 1.54) is 30.5 Å². The minimum atomic E-state index is 0.794. The monoisotopic (exact) mass is 351 g/mol. The second-order valence-corrected chi connectivity index (χ2v) is 6.68. The van der Waals surface area contributed by atoms with Gasteiger partial charge in [0.15, 0.2) is 0 Å². The summed E-state index contributed by atoms with van der Waals surface area (Å²) in [5.74, 6) is 0.954. The van der Waals surface area contributed by atoms with Crippen LogP contribution in [0.15, 0.2) is 54.6 Å². The van der Waals surface area contributed by atoms with Gasteiger partial charge in [0.05, 0.1) is 19.8 Å². The molecule has 3 nitrogen and oxygen atoms in total. The highest BCUT2D eigenvalue weighted by Gasteiger charge is 2.08. The number of hydrogen-bond acceptors (Lipinski definition) is 3. The van der Waals surface area contributed by atoms with E-state index >= 15 is 0 Å². The van der Waals surface area contributed by atoms with Gasteiger partial charge in [0.1, 0.15) is 5.75 Å². The summed E-state index contributed by atoms with van der Waals surface area (Å²) in [6.07, 6.45) is 7.83. The summed E-state index contributed by atoms with van der Waals surface area (Å²) in [6, 6.07) is 18.7. The number of benzene rings is 2. The maximum absolute atomic E-state index is 5.86. The van der Waals surface area contributed by atoms with Gasteiger partial charge in [0, 0.05) is 13.1 Å². The van der Waals surface area contributed by atoms with Gasteiger partial charge in [0.2, 0.25) is 0 Å². The van der Waals surface area contributed by atoms with Crippen LogP contribution in [0, 0.1) is 0 Å². The Bertz CT molecular complexity index is 646. The van der Waals surface area contributed by atoms with E-state index in [0.717, 1.165) is 45.1 Å². The highest BCUT2D eigenvalue weighted by Crippen LogP contribution is 2.15.